The number of rotatable bonds is 4. The molecule has 6 nitrogen and oxygen atoms in total. The van der Waals surface area contributed by atoms with E-state index in [1.807, 2.05) is 12.1 Å². The minimum Gasteiger partial charge on any atom is -0.348 e. The number of nitrogens with zero attached hydrogens (tertiary/aromatic N) is 2. The number of nitrogens with one attached hydrogen (secondary N) is 2. The van der Waals surface area contributed by atoms with Crippen LogP contribution in [0.2, 0.25) is 0 Å². The summed E-state index contributed by atoms with van der Waals surface area (Å²) in [5.41, 5.74) is 2.25. The monoisotopic (exact) mass is 326 g/mol. The number of carbonyl (C=O) groups excluding carboxylic acids is 2. The van der Waals surface area contributed by atoms with Gasteiger partial charge in [0.2, 0.25) is 5.91 Å². The molecule has 0 radical (unpaired) electrons. The molecule has 0 saturated heterocycles. The molecular formula is C16H14N4O2S. The molecule has 2 amide bonds. The summed E-state index contributed by atoms with van der Waals surface area (Å²) in [7, 11) is 0. The van der Waals surface area contributed by atoms with Gasteiger partial charge in [-0.15, -0.1) is 0 Å². The van der Waals surface area contributed by atoms with Gasteiger partial charge in [0, 0.05) is 31.4 Å². The largest absolute Gasteiger partial charge is 0.348 e. The van der Waals surface area contributed by atoms with Crippen LogP contribution in [0, 0.1) is 0 Å². The Morgan fingerprint density at radius 1 is 1.26 bits per heavy atom. The summed E-state index contributed by atoms with van der Waals surface area (Å²) in [6.45, 7) is 1.86. The molecule has 2 N–H and O–H groups in total. The Labute approximate surface area is 136 Å². The van der Waals surface area contributed by atoms with E-state index in [2.05, 4.69) is 20.6 Å². The van der Waals surface area contributed by atoms with Crippen LogP contribution in [-0.2, 0) is 11.3 Å². The molecular weight excluding hydrogens is 312 g/mol. The normalized spacial score (nSPS) is 10.5. The van der Waals surface area contributed by atoms with E-state index in [0.717, 1.165) is 15.8 Å². The van der Waals surface area contributed by atoms with Crippen molar-refractivity contribution in [1.82, 2.24) is 15.3 Å². The lowest BCUT2D eigenvalue weighted by Gasteiger charge is -2.04. The Morgan fingerprint density at radius 3 is 2.87 bits per heavy atom. The summed E-state index contributed by atoms with van der Waals surface area (Å²) in [6, 6.07) is 9.00. The summed E-state index contributed by atoms with van der Waals surface area (Å²) >= 11 is 1.34. The molecule has 0 aliphatic rings. The summed E-state index contributed by atoms with van der Waals surface area (Å²) in [5.74, 6) is -0.330. The zero-order valence-corrected chi connectivity index (χ0v) is 13.2. The van der Waals surface area contributed by atoms with E-state index in [1.165, 1.54) is 18.3 Å². The highest BCUT2D eigenvalue weighted by molar-refractivity contribution is 7.22. The number of benzene rings is 1. The summed E-state index contributed by atoms with van der Waals surface area (Å²) in [4.78, 5) is 31.6. The molecule has 0 aliphatic carbocycles. The van der Waals surface area contributed by atoms with Crippen molar-refractivity contribution in [3.05, 3.63) is 53.9 Å². The van der Waals surface area contributed by atoms with Crippen LogP contribution in [0.25, 0.3) is 10.2 Å². The van der Waals surface area contributed by atoms with Crippen molar-refractivity contribution in [1.29, 1.82) is 0 Å². The molecule has 116 valence electrons. The Bertz CT molecular complexity index is 861. The van der Waals surface area contributed by atoms with Gasteiger partial charge in [-0.05, 0) is 29.8 Å². The number of hydrogen-bond acceptors (Lipinski definition) is 5. The first-order valence-corrected chi connectivity index (χ1v) is 7.79. The van der Waals surface area contributed by atoms with Gasteiger partial charge in [-0.25, -0.2) is 4.98 Å². The Hall–Kier alpha value is -2.80. The quantitative estimate of drug-likeness (QED) is 0.772. The van der Waals surface area contributed by atoms with Crippen LogP contribution in [-0.4, -0.2) is 21.8 Å². The molecule has 0 aliphatic heterocycles. The highest BCUT2D eigenvalue weighted by Gasteiger charge is 2.10. The van der Waals surface area contributed by atoms with Crippen molar-refractivity contribution < 1.29 is 9.59 Å². The number of hydrogen-bond donors (Lipinski definition) is 2. The lowest BCUT2D eigenvalue weighted by atomic mass is 10.2. The molecule has 3 aromatic rings. The maximum atomic E-state index is 12.2. The van der Waals surface area contributed by atoms with Gasteiger partial charge in [-0.3, -0.25) is 14.6 Å². The van der Waals surface area contributed by atoms with E-state index in [1.54, 1.807) is 30.6 Å². The van der Waals surface area contributed by atoms with Crippen LogP contribution < -0.4 is 10.6 Å². The minimum absolute atomic E-state index is 0.162. The third kappa shape index (κ3) is 3.70. The van der Waals surface area contributed by atoms with Gasteiger partial charge >= 0.3 is 0 Å². The second-order valence-corrected chi connectivity index (χ2v) is 5.96. The number of carbonyl (C=O) groups is 2. The van der Waals surface area contributed by atoms with Crippen LogP contribution in [0.3, 0.4) is 0 Å². The van der Waals surface area contributed by atoms with Crippen LogP contribution >= 0.6 is 11.3 Å². The van der Waals surface area contributed by atoms with E-state index in [0.29, 0.717) is 17.2 Å². The van der Waals surface area contributed by atoms with E-state index in [4.69, 9.17) is 0 Å². The highest BCUT2D eigenvalue weighted by atomic mass is 32.1. The van der Waals surface area contributed by atoms with Gasteiger partial charge in [0.25, 0.3) is 5.91 Å². The van der Waals surface area contributed by atoms with Crippen LogP contribution in [0.5, 0.6) is 0 Å². The third-order valence-corrected chi connectivity index (χ3v) is 4.04. The number of thiazole rings is 1. The molecule has 2 aromatic heterocycles. The van der Waals surface area contributed by atoms with Crippen molar-refractivity contribution in [2.24, 2.45) is 0 Å². The fraction of sp³-hybridized carbons (Fsp3) is 0.125. The van der Waals surface area contributed by atoms with Crippen molar-refractivity contribution in [3.63, 3.8) is 0 Å². The second-order valence-electron chi connectivity index (χ2n) is 4.93. The van der Waals surface area contributed by atoms with E-state index in [-0.39, 0.29) is 11.8 Å². The van der Waals surface area contributed by atoms with Gasteiger partial charge in [-0.1, -0.05) is 17.4 Å². The smallest absolute Gasteiger partial charge is 0.251 e. The van der Waals surface area contributed by atoms with Crippen LogP contribution in [0.15, 0.2) is 42.7 Å². The topological polar surface area (TPSA) is 84.0 Å². The van der Waals surface area contributed by atoms with Crippen LogP contribution in [0.1, 0.15) is 22.8 Å². The molecule has 0 spiro atoms. The molecule has 2 heterocycles. The number of fused-ring (bicyclic) bond motifs is 1. The lowest BCUT2D eigenvalue weighted by Crippen LogP contribution is -2.22. The van der Waals surface area contributed by atoms with Gasteiger partial charge in [0.15, 0.2) is 5.13 Å². The van der Waals surface area contributed by atoms with E-state index < -0.39 is 0 Å². The first-order valence-electron chi connectivity index (χ1n) is 6.97. The van der Waals surface area contributed by atoms with Crippen molar-refractivity contribution in [2.45, 2.75) is 13.5 Å². The van der Waals surface area contributed by atoms with Gasteiger partial charge in [0.1, 0.15) is 0 Å². The van der Waals surface area contributed by atoms with Crippen molar-refractivity contribution in [3.8, 4) is 0 Å². The van der Waals surface area contributed by atoms with E-state index in [9.17, 15) is 9.59 Å². The third-order valence-electron chi connectivity index (χ3n) is 3.11. The standard InChI is InChI=1S/C16H14N4O2S/c1-10(21)19-16-20-13-5-4-12(7-14(13)23-16)15(22)18-9-11-3-2-6-17-8-11/h2-8H,9H2,1H3,(H,18,22)(H,19,20,21). The predicted molar refractivity (Wildman–Crippen MR) is 89.3 cm³/mol. The molecule has 1 aromatic carbocycles. The Morgan fingerprint density at radius 2 is 2.13 bits per heavy atom. The first kappa shape index (κ1) is 15.1. The van der Waals surface area contributed by atoms with Gasteiger partial charge < -0.3 is 10.6 Å². The molecule has 23 heavy (non-hydrogen) atoms. The first-order chi connectivity index (χ1) is 11.1. The molecule has 0 saturated carbocycles. The number of anilines is 1. The molecule has 0 atom stereocenters. The molecule has 3 rings (SSSR count). The van der Waals surface area contributed by atoms with E-state index >= 15 is 0 Å². The van der Waals surface area contributed by atoms with Gasteiger partial charge in [0.05, 0.1) is 10.2 Å². The maximum Gasteiger partial charge on any atom is 0.251 e. The van der Waals surface area contributed by atoms with Crippen molar-refractivity contribution in [2.75, 3.05) is 5.32 Å². The zero-order valence-electron chi connectivity index (χ0n) is 12.4. The minimum atomic E-state index is -0.168. The number of pyridine rings is 1. The fourth-order valence-electron chi connectivity index (χ4n) is 2.06. The number of amides is 2. The molecule has 0 fully saturated rings. The Kier molecular flexibility index (Phi) is 4.29. The molecule has 0 bridgehead atoms. The average Bonchev–Trinajstić information content (AvgIpc) is 2.94. The van der Waals surface area contributed by atoms with Crippen LogP contribution in [0.4, 0.5) is 5.13 Å². The summed E-state index contributed by atoms with van der Waals surface area (Å²) in [5, 5.41) is 6.03. The zero-order chi connectivity index (χ0) is 16.2. The highest BCUT2D eigenvalue weighted by Crippen LogP contribution is 2.26. The SMILES string of the molecule is CC(=O)Nc1nc2ccc(C(=O)NCc3cccnc3)cc2s1. The second kappa shape index (κ2) is 6.53. The molecule has 7 heteroatoms. The maximum absolute atomic E-state index is 12.2. The number of aromatic nitrogens is 2. The predicted octanol–water partition coefficient (Wildman–Crippen LogP) is 2.58. The molecule has 0 unspecified atom stereocenters. The fourth-order valence-corrected chi connectivity index (χ4v) is 3.01. The Balaban J connectivity index is 1.74. The van der Waals surface area contributed by atoms with Gasteiger partial charge in [-0.2, -0.15) is 0 Å². The van der Waals surface area contributed by atoms with Crippen molar-refractivity contribution >= 4 is 38.5 Å². The summed E-state index contributed by atoms with van der Waals surface area (Å²) < 4.78 is 0.850. The average molecular weight is 326 g/mol. The lowest BCUT2D eigenvalue weighted by molar-refractivity contribution is -0.114. The summed E-state index contributed by atoms with van der Waals surface area (Å²) in [6.07, 6.45) is 3.40.